The van der Waals surface area contributed by atoms with E-state index in [0.717, 1.165) is 12.0 Å². The van der Waals surface area contributed by atoms with Crippen molar-refractivity contribution in [1.29, 1.82) is 0 Å². The number of nitrogens with one attached hydrogen (secondary N) is 1. The number of carbonyl (C=O) groups excluding carboxylic acids is 3. The number of nitrogens with two attached hydrogens (primary N) is 1. The van der Waals surface area contributed by atoms with Gasteiger partial charge in [0.2, 0.25) is 11.8 Å². The van der Waals surface area contributed by atoms with E-state index in [1.807, 2.05) is 13.0 Å². The first kappa shape index (κ1) is 21.3. The predicted molar refractivity (Wildman–Crippen MR) is 114 cm³/mol. The van der Waals surface area contributed by atoms with Crippen LogP contribution in [0.3, 0.4) is 0 Å². The van der Waals surface area contributed by atoms with E-state index in [2.05, 4.69) is 10.3 Å². The first-order valence-corrected chi connectivity index (χ1v) is 9.91. The van der Waals surface area contributed by atoms with Crippen molar-refractivity contribution in [1.82, 2.24) is 14.8 Å². The number of hydrogen-bond acceptors (Lipinski definition) is 5. The molecule has 3 rings (SSSR count). The highest BCUT2D eigenvalue weighted by Gasteiger charge is 2.30. The fourth-order valence-electron chi connectivity index (χ4n) is 3.55. The number of carbonyl (C=O) groups is 3. The fourth-order valence-corrected chi connectivity index (χ4v) is 3.55. The third kappa shape index (κ3) is 4.76. The first-order chi connectivity index (χ1) is 14.3. The number of benzene rings is 1. The number of nitrogens with zero attached hydrogens (tertiary/aromatic N) is 3. The van der Waals surface area contributed by atoms with Crippen molar-refractivity contribution < 1.29 is 14.4 Å². The van der Waals surface area contributed by atoms with Crippen LogP contribution in [0.15, 0.2) is 42.6 Å². The lowest BCUT2D eigenvalue weighted by Gasteiger charge is -2.23. The van der Waals surface area contributed by atoms with Gasteiger partial charge >= 0.3 is 0 Å². The SMILES string of the molecule is CC(=O)N(C)[C@H]1CCN(C(=O)c2ccc(NC(C)c3cccc(C(N)=O)c3)nc2)C1. The standard InChI is InChI=1S/C22H27N5O3/c1-14(16-5-4-6-17(11-16)21(23)29)25-20-8-7-18(12-24-20)22(30)27-10-9-19(13-27)26(3)15(2)28/h4-8,11-12,14,19H,9-10,13H2,1-3H3,(H2,23,29)(H,24,25)/t14?,19-/m0/s1. The first-order valence-electron chi connectivity index (χ1n) is 9.91. The van der Waals surface area contributed by atoms with Crippen LogP contribution in [0.25, 0.3) is 0 Å². The highest BCUT2D eigenvalue weighted by Crippen LogP contribution is 2.21. The highest BCUT2D eigenvalue weighted by atomic mass is 16.2. The molecule has 1 fully saturated rings. The zero-order valence-corrected chi connectivity index (χ0v) is 17.5. The smallest absolute Gasteiger partial charge is 0.255 e. The van der Waals surface area contributed by atoms with Gasteiger partial charge in [-0.05, 0) is 43.2 Å². The summed E-state index contributed by atoms with van der Waals surface area (Å²) in [6, 6.07) is 10.6. The van der Waals surface area contributed by atoms with Gasteiger partial charge in [0.1, 0.15) is 5.82 Å². The molecule has 1 unspecified atom stereocenters. The van der Waals surface area contributed by atoms with Gasteiger partial charge in [0.25, 0.3) is 5.91 Å². The summed E-state index contributed by atoms with van der Waals surface area (Å²) < 4.78 is 0. The second kappa shape index (κ2) is 8.94. The van der Waals surface area contributed by atoms with Crippen molar-refractivity contribution in [2.75, 3.05) is 25.5 Å². The number of amides is 3. The fraction of sp³-hybridized carbons (Fsp3) is 0.364. The topological polar surface area (TPSA) is 109 Å². The molecule has 2 aromatic rings. The van der Waals surface area contributed by atoms with Gasteiger partial charge in [0.15, 0.2) is 0 Å². The Morgan fingerprint density at radius 1 is 1.23 bits per heavy atom. The lowest BCUT2D eigenvalue weighted by atomic mass is 10.0. The van der Waals surface area contributed by atoms with Crippen molar-refractivity contribution in [2.45, 2.75) is 32.4 Å². The lowest BCUT2D eigenvalue weighted by Crippen LogP contribution is -2.38. The molecular formula is C22H27N5O3. The van der Waals surface area contributed by atoms with Gasteiger partial charge in [0, 0.05) is 44.9 Å². The van der Waals surface area contributed by atoms with Crippen LogP contribution < -0.4 is 11.1 Å². The van der Waals surface area contributed by atoms with E-state index in [-0.39, 0.29) is 23.9 Å². The Bertz CT molecular complexity index is 944. The summed E-state index contributed by atoms with van der Waals surface area (Å²) in [5.41, 5.74) is 7.22. The van der Waals surface area contributed by atoms with Crippen molar-refractivity contribution in [3.63, 3.8) is 0 Å². The molecule has 158 valence electrons. The Kier molecular flexibility index (Phi) is 6.34. The summed E-state index contributed by atoms with van der Waals surface area (Å²) in [7, 11) is 1.77. The molecule has 0 bridgehead atoms. The molecule has 8 nitrogen and oxygen atoms in total. The molecule has 1 aromatic heterocycles. The molecule has 2 atom stereocenters. The molecule has 1 aromatic carbocycles. The minimum atomic E-state index is -0.469. The molecule has 30 heavy (non-hydrogen) atoms. The summed E-state index contributed by atoms with van der Waals surface area (Å²) in [5, 5.41) is 3.26. The predicted octanol–water partition coefficient (Wildman–Crippen LogP) is 2.05. The molecule has 0 radical (unpaired) electrons. The van der Waals surface area contributed by atoms with Crippen LogP contribution in [-0.2, 0) is 4.79 Å². The van der Waals surface area contributed by atoms with Gasteiger partial charge < -0.3 is 20.9 Å². The van der Waals surface area contributed by atoms with Crippen LogP contribution in [0.2, 0.25) is 0 Å². The number of rotatable bonds is 6. The molecule has 1 aliphatic rings. The largest absolute Gasteiger partial charge is 0.366 e. The molecule has 1 saturated heterocycles. The third-order valence-electron chi connectivity index (χ3n) is 5.54. The maximum Gasteiger partial charge on any atom is 0.255 e. The monoisotopic (exact) mass is 409 g/mol. The van der Waals surface area contributed by atoms with E-state index in [4.69, 9.17) is 5.73 Å². The summed E-state index contributed by atoms with van der Waals surface area (Å²) in [6.45, 7) is 4.64. The number of anilines is 1. The van der Waals surface area contributed by atoms with Crippen LogP contribution >= 0.6 is 0 Å². The van der Waals surface area contributed by atoms with E-state index >= 15 is 0 Å². The summed E-state index contributed by atoms with van der Waals surface area (Å²) in [4.78, 5) is 43.5. The molecule has 3 amide bonds. The average molecular weight is 409 g/mol. The Labute approximate surface area is 176 Å². The summed E-state index contributed by atoms with van der Waals surface area (Å²) >= 11 is 0. The zero-order valence-electron chi connectivity index (χ0n) is 17.5. The molecule has 0 aliphatic carbocycles. The number of hydrogen-bond donors (Lipinski definition) is 2. The molecule has 2 heterocycles. The van der Waals surface area contributed by atoms with E-state index in [1.165, 1.54) is 6.92 Å². The summed E-state index contributed by atoms with van der Waals surface area (Å²) in [5.74, 6) is 0.0698. The maximum absolute atomic E-state index is 12.8. The Balaban J connectivity index is 1.62. The molecule has 0 saturated carbocycles. The summed E-state index contributed by atoms with van der Waals surface area (Å²) in [6.07, 6.45) is 2.33. The minimum Gasteiger partial charge on any atom is -0.366 e. The van der Waals surface area contributed by atoms with Crippen LogP contribution in [0.5, 0.6) is 0 Å². The van der Waals surface area contributed by atoms with Gasteiger partial charge in [-0.25, -0.2) is 4.98 Å². The minimum absolute atomic E-state index is 0.00174. The normalized spacial score (nSPS) is 16.8. The van der Waals surface area contributed by atoms with Crippen molar-refractivity contribution in [3.8, 4) is 0 Å². The quantitative estimate of drug-likeness (QED) is 0.759. The van der Waals surface area contributed by atoms with E-state index < -0.39 is 5.91 Å². The zero-order chi connectivity index (χ0) is 21.8. The van der Waals surface area contributed by atoms with Gasteiger partial charge in [-0.3, -0.25) is 14.4 Å². The van der Waals surface area contributed by atoms with E-state index in [1.54, 1.807) is 53.4 Å². The Morgan fingerprint density at radius 2 is 2.00 bits per heavy atom. The van der Waals surface area contributed by atoms with E-state index in [9.17, 15) is 14.4 Å². The number of likely N-dealkylation sites (tertiary alicyclic amines) is 1. The average Bonchev–Trinajstić information content (AvgIpc) is 3.23. The van der Waals surface area contributed by atoms with Crippen molar-refractivity contribution in [3.05, 3.63) is 59.3 Å². The highest BCUT2D eigenvalue weighted by molar-refractivity contribution is 5.94. The Morgan fingerprint density at radius 3 is 2.63 bits per heavy atom. The number of likely N-dealkylation sites (N-methyl/N-ethyl adjacent to an activating group) is 1. The van der Waals surface area contributed by atoms with E-state index in [0.29, 0.717) is 30.0 Å². The van der Waals surface area contributed by atoms with Crippen molar-refractivity contribution in [2.24, 2.45) is 5.73 Å². The lowest BCUT2D eigenvalue weighted by molar-refractivity contribution is -0.129. The molecule has 0 spiro atoms. The second-order valence-corrected chi connectivity index (χ2v) is 7.61. The van der Waals surface area contributed by atoms with Crippen LogP contribution in [0, 0.1) is 0 Å². The third-order valence-corrected chi connectivity index (χ3v) is 5.54. The van der Waals surface area contributed by atoms with Crippen LogP contribution in [0.4, 0.5) is 5.82 Å². The van der Waals surface area contributed by atoms with Gasteiger partial charge in [-0.15, -0.1) is 0 Å². The molecular weight excluding hydrogens is 382 g/mol. The number of primary amides is 1. The second-order valence-electron chi connectivity index (χ2n) is 7.61. The van der Waals surface area contributed by atoms with Crippen molar-refractivity contribution >= 4 is 23.5 Å². The molecule has 8 heteroatoms. The molecule has 3 N–H and O–H groups in total. The van der Waals surface area contributed by atoms with Gasteiger partial charge in [-0.2, -0.15) is 0 Å². The number of pyridine rings is 1. The number of aromatic nitrogens is 1. The van der Waals surface area contributed by atoms with Crippen LogP contribution in [0.1, 0.15) is 52.6 Å². The molecule has 1 aliphatic heterocycles. The van der Waals surface area contributed by atoms with Gasteiger partial charge in [-0.1, -0.05) is 12.1 Å². The van der Waals surface area contributed by atoms with Crippen LogP contribution in [-0.4, -0.2) is 58.7 Å². The van der Waals surface area contributed by atoms with Gasteiger partial charge in [0.05, 0.1) is 11.6 Å². The maximum atomic E-state index is 12.8. The Hall–Kier alpha value is -3.42.